The number of anilines is 1. The molecule has 5 nitrogen and oxygen atoms in total. The zero-order chi connectivity index (χ0) is 22.8. The van der Waals surface area contributed by atoms with E-state index in [2.05, 4.69) is 51.5 Å². The summed E-state index contributed by atoms with van der Waals surface area (Å²) in [6.07, 6.45) is 4.93. The van der Waals surface area contributed by atoms with Gasteiger partial charge in [0.05, 0.1) is 23.7 Å². The molecule has 1 unspecified atom stereocenters. The van der Waals surface area contributed by atoms with E-state index < -0.39 is 5.97 Å². The highest BCUT2D eigenvalue weighted by atomic mass is 32.1. The second-order valence-electron chi connectivity index (χ2n) is 10.2. The normalized spacial score (nSPS) is 24.4. The lowest BCUT2D eigenvalue weighted by atomic mass is 9.82. The number of nitrogens with zero attached hydrogens (tertiary/aromatic N) is 2. The molecule has 6 heteroatoms. The molecule has 31 heavy (non-hydrogen) atoms. The lowest BCUT2D eigenvalue weighted by molar-refractivity contribution is -0.124. The number of likely N-dealkylation sites (tertiary alicyclic amines) is 1. The maximum atomic E-state index is 13.8. The first kappa shape index (κ1) is 23.8. The number of rotatable bonds is 4. The topological polar surface area (TPSA) is 49.9 Å². The van der Waals surface area contributed by atoms with Gasteiger partial charge in [-0.05, 0) is 78.5 Å². The van der Waals surface area contributed by atoms with Crippen molar-refractivity contribution < 1.29 is 14.3 Å². The molecule has 2 fully saturated rings. The number of ether oxygens (including phenoxy) is 1. The third-order valence-corrected chi connectivity index (χ3v) is 7.26. The number of thiophene rings is 1. The molecule has 1 aromatic rings. The zero-order valence-corrected chi connectivity index (χ0v) is 20.6. The number of hydrogen-bond donors (Lipinski definition) is 0. The van der Waals surface area contributed by atoms with Crippen LogP contribution in [0.1, 0.15) is 74.3 Å². The molecule has 1 amide bonds. The van der Waals surface area contributed by atoms with Crippen LogP contribution in [-0.2, 0) is 9.53 Å². The maximum absolute atomic E-state index is 13.8. The molecule has 2 heterocycles. The molecule has 170 valence electrons. The Bertz CT molecular complexity index is 866. The van der Waals surface area contributed by atoms with E-state index in [1.807, 2.05) is 11.0 Å². The van der Waals surface area contributed by atoms with Gasteiger partial charge in [0, 0.05) is 17.9 Å². The van der Waals surface area contributed by atoms with E-state index in [1.54, 1.807) is 0 Å². The lowest BCUT2D eigenvalue weighted by Gasteiger charge is -2.34. The van der Waals surface area contributed by atoms with Crippen LogP contribution in [0.25, 0.3) is 0 Å². The summed E-state index contributed by atoms with van der Waals surface area (Å²) in [5.41, 5.74) is 0.539. The quantitative estimate of drug-likeness (QED) is 0.495. The number of hydrogen-bond acceptors (Lipinski definition) is 5. The number of carbonyl (C=O) groups excluding carboxylic acids is 2. The van der Waals surface area contributed by atoms with Crippen molar-refractivity contribution in [1.82, 2.24) is 4.90 Å². The van der Waals surface area contributed by atoms with Crippen molar-refractivity contribution in [2.75, 3.05) is 32.1 Å². The third kappa shape index (κ3) is 5.90. The molecular formula is C25H36N2O3S. The van der Waals surface area contributed by atoms with Crippen LogP contribution in [-0.4, -0.2) is 50.1 Å². The minimum absolute atomic E-state index is 0.0246. The van der Waals surface area contributed by atoms with Gasteiger partial charge in [0.25, 0.3) is 0 Å². The molecule has 0 bridgehead atoms. The van der Waals surface area contributed by atoms with E-state index in [9.17, 15) is 9.59 Å². The predicted molar refractivity (Wildman–Crippen MR) is 127 cm³/mol. The molecule has 1 aliphatic heterocycles. The Morgan fingerprint density at radius 3 is 2.42 bits per heavy atom. The van der Waals surface area contributed by atoms with Gasteiger partial charge in [0.15, 0.2) is 0 Å². The van der Waals surface area contributed by atoms with Gasteiger partial charge < -0.3 is 14.5 Å². The average Bonchev–Trinajstić information content (AvgIpc) is 3.33. The van der Waals surface area contributed by atoms with Gasteiger partial charge in [0.2, 0.25) is 5.91 Å². The maximum Gasteiger partial charge on any atom is 0.350 e. The Hall–Kier alpha value is -1.84. The fourth-order valence-electron chi connectivity index (χ4n) is 4.43. The monoisotopic (exact) mass is 444 g/mol. The number of amides is 1. The molecule has 1 atom stereocenters. The van der Waals surface area contributed by atoms with Crippen LogP contribution in [0, 0.1) is 29.1 Å². The lowest BCUT2D eigenvalue weighted by Crippen LogP contribution is -2.46. The Balaban J connectivity index is 2.02. The van der Waals surface area contributed by atoms with E-state index in [0.29, 0.717) is 16.5 Å². The molecule has 0 spiro atoms. The van der Waals surface area contributed by atoms with Crippen molar-refractivity contribution in [1.29, 1.82) is 0 Å². The standard InChI is InChI=1S/C25H36N2O3S/c1-17-7-9-18(10-8-17)23(28)27(19-12-14-26(5)16-19)21-15-20(11-13-25(2,3)4)31-22(21)24(29)30-6/h15,17-19H,7-10,12,14,16H2,1-6H3. The van der Waals surface area contributed by atoms with Gasteiger partial charge in [-0.1, -0.05) is 18.8 Å². The van der Waals surface area contributed by atoms with Crippen molar-refractivity contribution in [3.8, 4) is 11.8 Å². The Morgan fingerprint density at radius 1 is 1.19 bits per heavy atom. The van der Waals surface area contributed by atoms with Crippen LogP contribution in [0.4, 0.5) is 5.69 Å². The number of methoxy groups -OCH3 is 1. The zero-order valence-electron chi connectivity index (χ0n) is 19.8. The van der Waals surface area contributed by atoms with Gasteiger partial charge in [-0.2, -0.15) is 0 Å². The summed E-state index contributed by atoms with van der Waals surface area (Å²) >= 11 is 1.33. The van der Waals surface area contributed by atoms with E-state index >= 15 is 0 Å². The van der Waals surface area contributed by atoms with Gasteiger partial charge in [-0.15, -0.1) is 11.3 Å². The number of likely N-dealkylation sites (N-methyl/N-ethyl adjacent to an activating group) is 1. The molecular weight excluding hydrogens is 408 g/mol. The SMILES string of the molecule is COC(=O)c1sc(C#CC(C)(C)C)cc1N(C(=O)C1CCC(C)CC1)C1CCN(C)C1. The average molecular weight is 445 g/mol. The first-order chi connectivity index (χ1) is 14.6. The molecule has 2 aliphatic rings. The Labute approximate surface area is 191 Å². The van der Waals surface area contributed by atoms with E-state index in [4.69, 9.17) is 4.74 Å². The Kier molecular flexibility index (Phi) is 7.49. The highest BCUT2D eigenvalue weighted by Gasteiger charge is 2.38. The molecule has 1 aliphatic carbocycles. The summed E-state index contributed by atoms with van der Waals surface area (Å²) in [6, 6.07) is 2.00. The van der Waals surface area contributed by atoms with Gasteiger partial charge in [-0.3, -0.25) is 4.79 Å². The summed E-state index contributed by atoms with van der Waals surface area (Å²) < 4.78 is 5.08. The smallest absolute Gasteiger partial charge is 0.350 e. The largest absolute Gasteiger partial charge is 0.465 e. The Morgan fingerprint density at radius 2 is 1.87 bits per heavy atom. The van der Waals surface area contributed by atoms with E-state index in [-0.39, 0.29) is 23.3 Å². The van der Waals surface area contributed by atoms with Crippen LogP contribution in [0.3, 0.4) is 0 Å². The van der Waals surface area contributed by atoms with Crippen LogP contribution in [0.5, 0.6) is 0 Å². The van der Waals surface area contributed by atoms with Crippen molar-refractivity contribution >= 4 is 28.9 Å². The molecule has 0 radical (unpaired) electrons. The first-order valence-corrected chi connectivity index (χ1v) is 12.2. The molecule has 0 N–H and O–H groups in total. The van der Waals surface area contributed by atoms with Crippen LogP contribution in [0.2, 0.25) is 0 Å². The van der Waals surface area contributed by atoms with Crippen molar-refractivity contribution in [3.63, 3.8) is 0 Å². The summed E-state index contributed by atoms with van der Waals surface area (Å²) in [6.45, 7) is 10.2. The summed E-state index contributed by atoms with van der Waals surface area (Å²) in [4.78, 5) is 31.9. The van der Waals surface area contributed by atoms with E-state index in [1.165, 1.54) is 18.4 Å². The first-order valence-electron chi connectivity index (χ1n) is 11.4. The molecule has 0 aromatic carbocycles. The molecule has 1 saturated heterocycles. The highest BCUT2D eigenvalue weighted by molar-refractivity contribution is 7.15. The second-order valence-corrected chi connectivity index (χ2v) is 11.2. The van der Waals surface area contributed by atoms with Crippen LogP contribution in [0.15, 0.2) is 6.07 Å². The van der Waals surface area contributed by atoms with E-state index in [0.717, 1.165) is 50.1 Å². The molecule has 1 aromatic heterocycles. The van der Waals surface area contributed by atoms with Crippen molar-refractivity contribution in [2.45, 2.75) is 65.8 Å². The predicted octanol–water partition coefficient (Wildman–Crippen LogP) is 4.80. The van der Waals surface area contributed by atoms with Crippen molar-refractivity contribution in [2.24, 2.45) is 17.3 Å². The number of carbonyl (C=O) groups is 2. The number of esters is 1. The van der Waals surface area contributed by atoms with Crippen LogP contribution >= 0.6 is 11.3 Å². The molecule has 3 rings (SSSR count). The van der Waals surface area contributed by atoms with Crippen LogP contribution < -0.4 is 4.90 Å². The highest BCUT2D eigenvalue weighted by Crippen LogP contribution is 2.37. The van der Waals surface area contributed by atoms with Gasteiger partial charge in [-0.25, -0.2) is 4.79 Å². The van der Waals surface area contributed by atoms with Crippen molar-refractivity contribution in [3.05, 3.63) is 15.8 Å². The van der Waals surface area contributed by atoms with Gasteiger partial charge in [0.1, 0.15) is 4.88 Å². The fourth-order valence-corrected chi connectivity index (χ4v) is 5.35. The minimum Gasteiger partial charge on any atom is -0.465 e. The fraction of sp³-hybridized carbons (Fsp3) is 0.680. The summed E-state index contributed by atoms with van der Waals surface area (Å²) in [5, 5.41) is 0. The second kappa shape index (κ2) is 9.75. The summed E-state index contributed by atoms with van der Waals surface area (Å²) in [5.74, 6) is 6.93. The van der Waals surface area contributed by atoms with Gasteiger partial charge >= 0.3 is 5.97 Å². The summed E-state index contributed by atoms with van der Waals surface area (Å²) in [7, 11) is 3.48. The minimum atomic E-state index is -0.398. The molecule has 1 saturated carbocycles. The third-order valence-electron chi connectivity index (χ3n) is 6.24.